The number of benzene rings is 3. The summed E-state index contributed by atoms with van der Waals surface area (Å²) in [6.07, 6.45) is 3.72. The quantitative estimate of drug-likeness (QED) is 0.220. The number of nitrogens with one attached hydrogen (secondary N) is 1. The van der Waals surface area contributed by atoms with Gasteiger partial charge in [-0.15, -0.1) is 0 Å². The van der Waals surface area contributed by atoms with E-state index in [1.807, 2.05) is 61.5 Å². The highest BCUT2D eigenvalue weighted by Gasteiger charge is 2.35. The molecule has 9 heteroatoms. The number of nitrogens with zero attached hydrogens (tertiary/aromatic N) is 3. The normalized spacial score (nSPS) is 15.4. The first kappa shape index (κ1) is 30.4. The van der Waals surface area contributed by atoms with Crippen LogP contribution in [0.2, 0.25) is 0 Å². The van der Waals surface area contributed by atoms with Gasteiger partial charge in [0, 0.05) is 24.7 Å². The topological polar surface area (TPSA) is 92.6 Å². The first-order valence-electron chi connectivity index (χ1n) is 14.5. The van der Waals surface area contributed by atoms with E-state index in [0.29, 0.717) is 42.2 Å². The Morgan fingerprint density at radius 3 is 2.48 bits per heavy atom. The van der Waals surface area contributed by atoms with Crippen molar-refractivity contribution in [3.8, 4) is 5.75 Å². The molecule has 8 nitrogen and oxygen atoms in total. The fourth-order valence-electron chi connectivity index (χ4n) is 4.61. The van der Waals surface area contributed by atoms with E-state index in [1.54, 1.807) is 39.1 Å². The number of fused-ring (bicyclic) bond motifs is 1. The zero-order chi connectivity index (χ0) is 31.3. The molecule has 0 radical (unpaired) electrons. The second-order valence-corrected chi connectivity index (χ2v) is 11.6. The molecule has 3 aromatic carbocycles. The number of amides is 2. The van der Waals surface area contributed by atoms with E-state index in [0.717, 1.165) is 16.7 Å². The van der Waals surface area contributed by atoms with Crippen molar-refractivity contribution in [3.05, 3.63) is 113 Å². The summed E-state index contributed by atoms with van der Waals surface area (Å²) in [4.78, 5) is 36.3. The molecule has 0 spiro atoms. The van der Waals surface area contributed by atoms with E-state index in [2.05, 4.69) is 10.3 Å². The number of carbonyl (C=O) groups excluding carboxylic acids is 2. The third-order valence-electron chi connectivity index (χ3n) is 6.73. The molecule has 0 saturated carbocycles. The maximum absolute atomic E-state index is 14.9. The van der Waals surface area contributed by atoms with Gasteiger partial charge in [0.25, 0.3) is 5.91 Å². The summed E-state index contributed by atoms with van der Waals surface area (Å²) in [6.45, 7) is 7.91. The Hall–Kier alpha value is -5.05. The van der Waals surface area contributed by atoms with Gasteiger partial charge in [0.15, 0.2) is 17.4 Å². The number of amidine groups is 1. The molecule has 3 aromatic rings. The van der Waals surface area contributed by atoms with Gasteiger partial charge in [-0.2, -0.15) is 0 Å². The number of halogens is 1. The third kappa shape index (κ3) is 7.66. The van der Waals surface area contributed by atoms with Crippen molar-refractivity contribution in [1.82, 2.24) is 10.2 Å². The predicted octanol–water partition coefficient (Wildman–Crippen LogP) is 6.71. The van der Waals surface area contributed by atoms with E-state index in [-0.39, 0.29) is 24.0 Å². The first-order chi connectivity index (χ1) is 21.1. The fourth-order valence-corrected chi connectivity index (χ4v) is 4.61. The molecule has 5 rings (SSSR count). The highest BCUT2D eigenvalue weighted by Crippen LogP contribution is 2.29. The lowest BCUT2D eigenvalue weighted by molar-refractivity contribution is -0.120. The van der Waals surface area contributed by atoms with Crippen molar-refractivity contribution in [2.24, 2.45) is 9.98 Å². The minimum absolute atomic E-state index is 0.0776. The average Bonchev–Trinajstić information content (AvgIpc) is 3.29. The first-order valence-corrected chi connectivity index (χ1v) is 14.5. The van der Waals surface area contributed by atoms with Crippen LogP contribution in [0.1, 0.15) is 49.4 Å². The lowest BCUT2D eigenvalue weighted by Gasteiger charge is -2.22. The molecule has 0 fully saturated rings. The molecule has 1 N–H and O–H groups in total. The number of rotatable bonds is 9. The van der Waals surface area contributed by atoms with Crippen molar-refractivity contribution in [3.63, 3.8) is 0 Å². The van der Waals surface area contributed by atoms with Crippen molar-refractivity contribution >= 4 is 35.3 Å². The van der Waals surface area contributed by atoms with Crippen LogP contribution in [-0.4, -0.2) is 47.2 Å². The third-order valence-corrected chi connectivity index (χ3v) is 6.73. The smallest absolute Gasteiger partial charge is 0.407 e. The van der Waals surface area contributed by atoms with E-state index in [1.165, 1.54) is 17.0 Å². The monoisotopic (exact) mass is 594 g/mol. The van der Waals surface area contributed by atoms with E-state index in [4.69, 9.17) is 14.5 Å². The summed E-state index contributed by atoms with van der Waals surface area (Å²) >= 11 is 0. The minimum atomic E-state index is -0.579. The van der Waals surface area contributed by atoms with E-state index in [9.17, 15) is 14.0 Å². The molecular formula is C35H35FN4O4. The standard InChI is InChI=1S/C35H35FN4O4/c1-23-11-14-26(15-12-23)30-22-40-32(28(38-30)20-24-9-6-5-7-10-24)39-29(33(40)41)21-25-13-16-31(27(36)19-25)43-18-8-17-37-34(42)44-35(2,3)4/h5-7,9-16,19,21-22H,8,17-18,20H2,1-4H3,(H,37,42)/b29-21-. The predicted molar refractivity (Wildman–Crippen MR) is 170 cm³/mol. The van der Waals surface area contributed by atoms with Gasteiger partial charge in [0.05, 0.1) is 18.0 Å². The van der Waals surface area contributed by atoms with Crippen LogP contribution in [0.3, 0.4) is 0 Å². The van der Waals surface area contributed by atoms with E-state index >= 15 is 0 Å². The minimum Gasteiger partial charge on any atom is -0.490 e. The Labute approximate surface area is 256 Å². The fraction of sp³-hybridized carbons (Fsp3) is 0.257. The molecule has 2 amide bonds. The van der Waals surface area contributed by atoms with Crippen molar-refractivity contribution in [2.75, 3.05) is 13.2 Å². The molecule has 2 aliphatic rings. The molecule has 44 heavy (non-hydrogen) atoms. The van der Waals surface area contributed by atoms with E-state index < -0.39 is 17.5 Å². The summed E-state index contributed by atoms with van der Waals surface area (Å²) in [5.74, 6) is -0.346. The Morgan fingerprint density at radius 2 is 1.77 bits per heavy atom. The van der Waals surface area contributed by atoms with Crippen LogP contribution in [0.4, 0.5) is 9.18 Å². The summed E-state index contributed by atoms with van der Waals surface area (Å²) in [5, 5.41) is 2.64. The Bertz CT molecular complexity index is 1670. The molecule has 0 aromatic heterocycles. The molecule has 0 saturated heterocycles. The summed E-state index contributed by atoms with van der Waals surface area (Å²) in [6, 6.07) is 22.4. The van der Waals surface area contributed by atoms with Crippen LogP contribution >= 0.6 is 0 Å². The molecule has 226 valence electrons. The lowest BCUT2D eigenvalue weighted by atomic mass is 10.0. The highest BCUT2D eigenvalue weighted by molar-refractivity contribution is 6.48. The van der Waals surface area contributed by atoms with Crippen molar-refractivity contribution in [2.45, 2.75) is 46.1 Å². The van der Waals surface area contributed by atoms with Crippen molar-refractivity contribution < 1.29 is 23.5 Å². The van der Waals surface area contributed by atoms with Crippen LogP contribution in [-0.2, 0) is 16.0 Å². The second-order valence-electron chi connectivity index (χ2n) is 11.6. The summed E-state index contributed by atoms with van der Waals surface area (Å²) in [5.41, 5.74) is 4.47. The lowest BCUT2D eigenvalue weighted by Crippen LogP contribution is -2.36. The molecule has 0 atom stereocenters. The van der Waals surface area contributed by atoms with Gasteiger partial charge < -0.3 is 14.8 Å². The molecule has 2 heterocycles. The molecular weight excluding hydrogens is 559 g/mol. The molecule has 0 aliphatic carbocycles. The SMILES string of the molecule is Cc1ccc(C2=CN3C(=O)/C(=C/c4ccc(OCCCNC(=O)OC(C)(C)C)c(F)c4)N=C3C(Cc3ccccc3)=N2)cc1. The highest BCUT2D eigenvalue weighted by atomic mass is 19.1. The number of carbonyl (C=O) groups is 2. The van der Waals surface area contributed by atoms with Gasteiger partial charge in [-0.25, -0.2) is 19.2 Å². The van der Waals surface area contributed by atoms with Gasteiger partial charge in [-0.05, 0) is 63.5 Å². The van der Waals surface area contributed by atoms with Crippen LogP contribution in [0.25, 0.3) is 11.8 Å². The number of alkyl carbamates (subject to hydrolysis) is 1. The number of hydrogen-bond acceptors (Lipinski definition) is 6. The Balaban J connectivity index is 1.30. The number of aliphatic imine (C=N–C) groups is 2. The number of aryl methyl sites for hydroxylation is 1. The average molecular weight is 595 g/mol. The Morgan fingerprint density at radius 1 is 1.02 bits per heavy atom. The van der Waals surface area contributed by atoms with Crippen LogP contribution in [0, 0.1) is 12.7 Å². The zero-order valence-electron chi connectivity index (χ0n) is 25.3. The molecule has 0 bridgehead atoms. The largest absolute Gasteiger partial charge is 0.490 e. The van der Waals surface area contributed by atoms with Gasteiger partial charge in [-0.3, -0.25) is 9.69 Å². The second kappa shape index (κ2) is 13.1. The molecule has 0 unspecified atom stereocenters. The number of hydrogen-bond donors (Lipinski definition) is 1. The van der Waals surface area contributed by atoms with Gasteiger partial charge >= 0.3 is 6.09 Å². The maximum atomic E-state index is 14.9. The molecule has 2 aliphatic heterocycles. The number of ether oxygens (including phenoxy) is 2. The summed E-state index contributed by atoms with van der Waals surface area (Å²) in [7, 11) is 0. The Kier molecular flexibility index (Phi) is 9.04. The van der Waals surface area contributed by atoms with Crippen molar-refractivity contribution in [1.29, 1.82) is 0 Å². The van der Waals surface area contributed by atoms with Gasteiger partial charge in [-0.1, -0.05) is 66.2 Å². The van der Waals surface area contributed by atoms with Crippen LogP contribution < -0.4 is 10.1 Å². The van der Waals surface area contributed by atoms with Gasteiger partial charge in [0.2, 0.25) is 0 Å². The summed E-state index contributed by atoms with van der Waals surface area (Å²) < 4.78 is 25.7. The zero-order valence-corrected chi connectivity index (χ0v) is 25.3. The van der Waals surface area contributed by atoms with Crippen LogP contribution in [0.5, 0.6) is 5.75 Å². The van der Waals surface area contributed by atoms with Gasteiger partial charge in [0.1, 0.15) is 11.3 Å². The van der Waals surface area contributed by atoms with Crippen LogP contribution in [0.15, 0.2) is 94.7 Å². The maximum Gasteiger partial charge on any atom is 0.407 e.